The number of rotatable bonds is 6. The van der Waals surface area contributed by atoms with Gasteiger partial charge in [-0.05, 0) is 56.5 Å². The second-order valence-corrected chi connectivity index (χ2v) is 6.65. The molecule has 1 aromatic carbocycles. The van der Waals surface area contributed by atoms with Crippen LogP contribution in [-0.2, 0) is 13.1 Å². The van der Waals surface area contributed by atoms with E-state index in [9.17, 15) is 4.79 Å². The Hall–Kier alpha value is -0.630. The van der Waals surface area contributed by atoms with Crippen molar-refractivity contribution in [3.05, 3.63) is 47.4 Å². The highest BCUT2D eigenvalue weighted by Gasteiger charge is 2.08. The number of H-pyrrole nitrogens is 1. The normalized spacial score (nSPS) is 10.8. The number of aromatic nitrogens is 1. The number of ether oxygens (including phenoxy) is 1. The van der Waals surface area contributed by atoms with Crippen molar-refractivity contribution in [2.45, 2.75) is 20.0 Å². The molecule has 7 heteroatoms. The molecule has 20 heavy (non-hydrogen) atoms. The van der Waals surface area contributed by atoms with Crippen molar-refractivity contribution in [3.8, 4) is 5.75 Å². The van der Waals surface area contributed by atoms with Crippen LogP contribution in [0, 0.1) is 0 Å². The molecule has 0 amide bonds. The highest BCUT2D eigenvalue weighted by Crippen LogP contribution is 2.34. The van der Waals surface area contributed by atoms with Crippen LogP contribution < -0.4 is 14.9 Å². The molecule has 0 saturated heterocycles. The first-order chi connectivity index (χ1) is 9.60. The highest BCUT2D eigenvalue weighted by atomic mass is 79.9. The molecule has 0 bridgehead atoms. The summed E-state index contributed by atoms with van der Waals surface area (Å²) in [7, 11) is 0. The van der Waals surface area contributed by atoms with Crippen LogP contribution in [0.2, 0.25) is 0 Å². The first-order valence-electron chi connectivity index (χ1n) is 6.08. The lowest BCUT2D eigenvalue weighted by molar-refractivity contribution is 0.336. The molecule has 0 aliphatic rings. The smallest absolute Gasteiger partial charge is 0.304 e. The summed E-state index contributed by atoms with van der Waals surface area (Å²) in [4.78, 5) is 13.8. The summed E-state index contributed by atoms with van der Waals surface area (Å²) in [5.74, 6) is 0.818. The van der Waals surface area contributed by atoms with E-state index in [4.69, 9.17) is 4.74 Å². The van der Waals surface area contributed by atoms with Gasteiger partial charge in [0.05, 0.1) is 15.6 Å². The van der Waals surface area contributed by atoms with Gasteiger partial charge in [0.15, 0.2) is 0 Å². The molecule has 1 aromatic heterocycles. The molecule has 2 rings (SSSR count). The van der Waals surface area contributed by atoms with Gasteiger partial charge in [-0.25, -0.2) is 0 Å². The van der Waals surface area contributed by atoms with Gasteiger partial charge in [-0.2, -0.15) is 0 Å². The monoisotopic (exact) mass is 420 g/mol. The van der Waals surface area contributed by atoms with Crippen molar-refractivity contribution in [1.29, 1.82) is 0 Å². The van der Waals surface area contributed by atoms with Gasteiger partial charge in [-0.3, -0.25) is 4.79 Å². The topological polar surface area (TPSA) is 54.1 Å². The van der Waals surface area contributed by atoms with Gasteiger partial charge < -0.3 is 15.0 Å². The summed E-state index contributed by atoms with van der Waals surface area (Å²) < 4.78 is 7.40. The van der Waals surface area contributed by atoms with Gasteiger partial charge in [-0.1, -0.05) is 11.3 Å². The van der Waals surface area contributed by atoms with E-state index in [1.165, 1.54) is 11.3 Å². The van der Waals surface area contributed by atoms with Crippen LogP contribution in [0.4, 0.5) is 0 Å². The van der Waals surface area contributed by atoms with Crippen LogP contribution in [0.5, 0.6) is 5.75 Å². The van der Waals surface area contributed by atoms with E-state index in [1.807, 2.05) is 24.4 Å². The van der Waals surface area contributed by atoms with E-state index in [0.29, 0.717) is 19.7 Å². The summed E-state index contributed by atoms with van der Waals surface area (Å²) in [6, 6.07) is 4.05. The zero-order valence-electron chi connectivity index (χ0n) is 10.8. The summed E-state index contributed by atoms with van der Waals surface area (Å²) in [6.45, 7) is 3.93. The molecule has 0 aliphatic heterocycles. The summed E-state index contributed by atoms with van der Waals surface area (Å²) in [5.41, 5.74) is 2.04. The molecule has 0 aliphatic carbocycles. The van der Waals surface area contributed by atoms with E-state index >= 15 is 0 Å². The number of hydrogen-bond acceptors (Lipinski definition) is 4. The Bertz CT molecular complexity index is 616. The summed E-state index contributed by atoms with van der Waals surface area (Å²) in [5, 5.41) is 5.12. The van der Waals surface area contributed by atoms with Crippen LogP contribution in [0.25, 0.3) is 0 Å². The Kier molecular flexibility index (Phi) is 5.83. The van der Waals surface area contributed by atoms with Crippen LogP contribution in [0.15, 0.2) is 31.3 Å². The largest absolute Gasteiger partial charge is 0.492 e. The lowest BCUT2D eigenvalue weighted by Gasteiger charge is -2.11. The zero-order valence-corrected chi connectivity index (χ0v) is 14.8. The number of thiazole rings is 1. The van der Waals surface area contributed by atoms with E-state index in [0.717, 1.165) is 26.0 Å². The quantitative estimate of drug-likeness (QED) is 0.748. The van der Waals surface area contributed by atoms with Crippen molar-refractivity contribution >= 4 is 43.2 Å². The van der Waals surface area contributed by atoms with Gasteiger partial charge in [-0.15, -0.1) is 0 Å². The Morgan fingerprint density at radius 3 is 2.55 bits per heavy atom. The van der Waals surface area contributed by atoms with Crippen molar-refractivity contribution in [1.82, 2.24) is 10.3 Å². The zero-order chi connectivity index (χ0) is 14.5. The molecular weight excluding hydrogens is 408 g/mol. The van der Waals surface area contributed by atoms with E-state index in [2.05, 4.69) is 42.2 Å². The Balaban J connectivity index is 1.98. The van der Waals surface area contributed by atoms with Gasteiger partial charge >= 0.3 is 4.87 Å². The Labute approximate surface area is 137 Å². The minimum absolute atomic E-state index is 0.0200. The average Bonchev–Trinajstić information content (AvgIpc) is 2.80. The van der Waals surface area contributed by atoms with Crippen LogP contribution in [0.1, 0.15) is 18.2 Å². The average molecular weight is 422 g/mol. The maximum absolute atomic E-state index is 11.0. The third-order valence-corrected chi connectivity index (χ3v) is 4.46. The fourth-order valence-electron chi connectivity index (χ4n) is 1.74. The number of hydrogen-bond donors (Lipinski definition) is 2. The number of aromatic amines is 1. The molecule has 0 atom stereocenters. The van der Waals surface area contributed by atoms with Crippen molar-refractivity contribution < 1.29 is 4.74 Å². The molecule has 4 nitrogen and oxygen atoms in total. The molecular formula is C13H14Br2N2O2S. The fraction of sp³-hybridized carbons (Fsp3) is 0.308. The lowest BCUT2D eigenvalue weighted by atomic mass is 10.2. The van der Waals surface area contributed by atoms with Gasteiger partial charge in [0.2, 0.25) is 0 Å². The summed E-state index contributed by atoms with van der Waals surface area (Å²) >= 11 is 8.20. The minimum Gasteiger partial charge on any atom is -0.492 e. The lowest BCUT2D eigenvalue weighted by Crippen LogP contribution is -2.14. The van der Waals surface area contributed by atoms with Crippen LogP contribution >= 0.6 is 43.2 Å². The first-order valence-corrected chi connectivity index (χ1v) is 8.55. The van der Waals surface area contributed by atoms with Crippen LogP contribution in [0.3, 0.4) is 0 Å². The molecule has 1 heterocycles. The van der Waals surface area contributed by atoms with Crippen LogP contribution in [-0.4, -0.2) is 11.6 Å². The predicted octanol–water partition coefficient (Wildman–Crippen LogP) is 3.65. The molecule has 0 saturated carbocycles. The Morgan fingerprint density at radius 2 is 2.00 bits per heavy atom. The molecule has 2 N–H and O–H groups in total. The molecule has 2 aromatic rings. The summed E-state index contributed by atoms with van der Waals surface area (Å²) in [6.07, 6.45) is 0. The van der Waals surface area contributed by atoms with Crippen molar-refractivity contribution in [3.63, 3.8) is 0 Å². The molecule has 0 fully saturated rings. The molecule has 108 valence electrons. The molecule has 0 unspecified atom stereocenters. The first kappa shape index (κ1) is 15.8. The molecule has 0 radical (unpaired) electrons. The van der Waals surface area contributed by atoms with Crippen molar-refractivity contribution in [2.24, 2.45) is 0 Å². The third kappa shape index (κ3) is 4.18. The Morgan fingerprint density at radius 1 is 1.30 bits per heavy atom. The predicted molar refractivity (Wildman–Crippen MR) is 88.5 cm³/mol. The SMILES string of the molecule is CCOc1c(Br)cc(CNCc2csc(=O)[nH]2)cc1Br. The molecule has 0 spiro atoms. The van der Waals surface area contributed by atoms with Gasteiger partial charge in [0, 0.05) is 24.2 Å². The number of benzene rings is 1. The van der Waals surface area contributed by atoms with Gasteiger partial charge in [0.1, 0.15) is 5.75 Å². The maximum atomic E-state index is 11.0. The van der Waals surface area contributed by atoms with E-state index in [-0.39, 0.29) is 4.87 Å². The van der Waals surface area contributed by atoms with Crippen molar-refractivity contribution in [2.75, 3.05) is 6.61 Å². The minimum atomic E-state index is -0.0200. The second-order valence-electron chi connectivity index (χ2n) is 4.10. The fourth-order valence-corrected chi connectivity index (χ4v) is 3.83. The standard InChI is InChI=1S/C13H14Br2N2O2S/c1-2-19-12-10(14)3-8(4-11(12)15)5-16-6-9-7-20-13(18)17-9/h3-4,7,16H,2,5-6H2,1H3,(H,17,18). The second kappa shape index (κ2) is 7.40. The third-order valence-electron chi connectivity index (χ3n) is 2.56. The van der Waals surface area contributed by atoms with E-state index in [1.54, 1.807) is 0 Å². The van der Waals surface area contributed by atoms with E-state index < -0.39 is 0 Å². The maximum Gasteiger partial charge on any atom is 0.304 e. The number of halogens is 2. The van der Waals surface area contributed by atoms with Gasteiger partial charge in [0.25, 0.3) is 0 Å². The highest BCUT2D eigenvalue weighted by molar-refractivity contribution is 9.11. The number of nitrogens with one attached hydrogen (secondary N) is 2.